The number of fused-ring (bicyclic) bond motifs is 5. The zero-order valence-electron chi connectivity index (χ0n) is 39.3. The summed E-state index contributed by atoms with van der Waals surface area (Å²) < 4.78 is 75.6. The highest BCUT2D eigenvalue weighted by Gasteiger charge is 2.40. The second-order valence-corrected chi connectivity index (χ2v) is 19.7. The van der Waals surface area contributed by atoms with E-state index in [-0.39, 0.29) is 45.9 Å². The number of aromatic nitrogens is 5. The van der Waals surface area contributed by atoms with Gasteiger partial charge in [0.05, 0.1) is 78.2 Å². The highest BCUT2D eigenvalue weighted by Crippen LogP contribution is 2.49. The molecule has 2 fully saturated rings. The molecule has 370 valence electrons. The zero-order valence-corrected chi connectivity index (χ0v) is 40.1. The van der Waals surface area contributed by atoms with Gasteiger partial charge in [0.25, 0.3) is 0 Å². The van der Waals surface area contributed by atoms with Gasteiger partial charge in [0.2, 0.25) is 18.0 Å². The molecule has 0 radical (unpaired) electrons. The van der Waals surface area contributed by atoms with Gasteiger partial charge in [0.15, 0.2) is 0 Å². The Kier molecular flexibility index (Phi) is 13.2. The predicted molar refractivity (Wildman–Crippen MR) is 251 cm³/mol. The first kappa shape index (κ1) is 48.1. The smallest absolute Gasteiger partial charge is 0.407 e. The number of thiophene rings is 1. The number of likely N-dealkylation sites (tertiary alicyclic amines) is 2. The van der Waals surface area contributed by atoms with Crippen molar-refractivity contribution in [3.63, 3.8) is 0 Å². The molecule has 4 N–H and O–H groups in total. The molecule has 0 aliphatic carbocycles. The lowest BCUT2D eigenvalue weighted by Gasteiger charge is -2.30. The molecule has 0 bridgehead atoms. The Balaban J connectivity index is 1.04. The fourth-order valence-electron chi connectivity index (χ4n) is 9.80. The van der Waals surface area contributed by atoms with Crippen LogP contribution in [0.3, 0.4) is 0 Å². The molecule has 70 heavy (non-hydrogen) atoms. The highest BCUT2D eigenvalue weighted by molar-refractivity contribution is 7.12. The van der Waals surface area contributed by atoms with Crippen LogP contribution < -0.4 is 15.4 Å². The molecule has 21 heteroatoms. The third-order valence-corrected chi connectivity index (χ3v) is 14.3. The molecule has 2 aromatic carbocycles. The molecule has 7 heterocycles. The minimum absolute atomic E-state index is 0.0966. The number of hydrogen-bond donors (Lipinski definition) is 4. The molecule has 6 aromatic rings. The van der Waals surface area contributed by atoms with Crippen molar-refractivity contribution in [3.05, 3.63) is 88.1 Å². The second kappa shape index (κ2) is 19.1. The molecule has 9 rings (SSSR count). The third-order valence-electron chi connectivity index (χ3n) is 13.2. The molecule has 4 aromatic heterocycles. The molecule has 5 unspecified atom stereocenters. The standard InChI is InChI=1S/C49H53F4N9O7S/c1-24(2)40(58-47(65)67-5)44(63)60-15-7-9-34(60)42-54-22-31(56-42)26-11-13-33-28(17-26)19-36-39-30(50)18-27(20-37(39)69-46(62(33)36)38-14-12-29(70-38)21-49(51,52)53)32-23-55-43(57-32)35-10-8-16-61(35)45(64)41(25(3)4)59-48(66)68-6/h11-14,17-20,22-25,34-35,40-41,46H,7-10,15-16,21H2,1-6H3,(H,54,56)(H,55,57)(H,58,65)(H,59,66). The molecule has 5 atom stereocenters. The van der Waals surface area contributed by atoms with Gasteiger partial charge in [0.1, 0.15) is 35.3 Å². The van der Waals surface area contributed by atoms with Gasteiger partial charge in [-0.1, -0.05) is 33.8 Å². The first-order valence-electron chi connectivity index (χ1n) is 23.1. The Hall–Kier alpha value is -6.90. The number of nitrogens with zero attached hydrogens (tertiary/aromatic N) is 5. The summed E-state index contributed by atoms with van der Waals surface area (Å²) in [5.41, 5.74) is 3.50. The van der Waals surface area contributed by atoms with Gasteiger partial charge in [-0.2, -0.15) is 13.2 Å². The van der Waals surface area contributed by atoms with E-state index in [1.807, 2.05) is 52.0 Å². The lowest BCUT2D eigenvalue weighted by Crippen LogP contribution is -2.51. The number of rotatable bonds is 12. The number of aromatic amines is 2. The average Bonchev–Trinajstić information content (AvgIpc) is 4.18. The number of halogens is 4. The number of methoxy groups -OCH3 is 2. The summed E-state index contributed by atoms with van der Waals surface area (Å²) in [5.74, 6) is -0.325. The summed E-state index contributed by atoms with van der Waals surface area (Å²) >= 11 is 0.967. The van der Waals surface area contributed by atoms with Gasteiger partial charge in [0, 0.05) is 34.5 Å². The van der Waals surface area contributed by atoms with E-state index in [0.29, 0.717) is 82.4 Å². The molecule has 0 saturated carbocycles. The van der Waals surface area contributed by atoms with Gasteiger partial charge in [-0.25, -0.2) is 23.9 Å². The molecule has 16 nitrogen and oxygen atoms in total. The Morgan fingerprint density at radius 3 is 1.91 bits per heavy atom. The number of alkyl carbamates (subject to hydrolysis) is 2. The second-order valence-electron chi connectivity index (χ2n) is 18.5. The summed E-state index contributed by atoms with van der Waals surface area (Å²) in [7, 11) is 2.48. The molecule has 3 aliphatic rings. The number of nitrogens with one attached hydrogen (secondary N) is 4. The number of imidazole rings is 2. The van der Waals surface area contributed by atoms with Crippen LogP contribution in [-0.4, -0.2) is 104 Å². The predicted octanol–water partition coefficient (Wildman–Crippen LogP) is 9.42. The van der Waals surface area contributed by atoms with Crippen molar-refractivity contribution >= 4 is 46.2 Å². The zero-order chi connectivity index (χ0) is 49.8. The van der Waals surface area contributed by atoms with Crippen LogP contribution in [0, 0.1) is 17.7 Å². The van der Waals surface area contributed by atoms with Crippen LogP contribution >= 0.6 is 11.3 Å². The SMILES string of the molecule is COC(=O)NC(C(=O)N1CCCC1c1ncc(-c2cc(F)c3c(c2)OC(c2ccc(CC(F)(F)F)s2)n2c-3cc3cc(-c4cnc(C5CCCN5C(=O)C(NC(=O)OC)C(C)C)[nH]4)ccc32)[nH]1)C(C)C. The van der Waals surface area contributed by atoms with Crippen LogP contribution in [0.25, 0.3) is 44.7 Å². The van der Waals surface area contributed by atoms with Crippen LogP contribution in [-0.2, 0) is 25.5 Å². The minimum Gasteiger partial charge on any atom is -0.464 e. The fraction of sp³-hybridized carbons (Fsp3) is 0.429. The molecule has 2 saturated heterocycles. The minimum atomic E-state index is -4.43. The van der Waals surface area contributed by atoms with Crippen molar-refractivity contribution in [3.8, 4) is 39.5 Å². The number of hydrogen-bond acceptors (Lipinski definition) is 10. The maximum Gasteiger partial charge on any atom is 0.407 e. The number of alkyl halides is 3. The monoisotopic (exact) mass is 987 g/mol. The van der Waals surface area contributed by atoms with Crippen molar-refractivity contribution in [1.82, 2.24) is 44.9 Å². The number of ether oxygens (including phenoxy) is 3. The molecular formula is C49H53F4N9O7S. The first-order chi connectivity index (χ1) is 33.4. The Morgan fingerprint density at radius 1 is 0.800 bits per heavy atom. The number of carbonyl (C=O) groups is 4. The van der Waals surface area contributed by atoms with E-state index < -0.39 is 55.0 Å². The van der Waals surface area contributed by atoms with Crippen molar-refractivity contribution in [2.45, 2.75) is 96.4 Å². The normalized spacial score (nSPS) is 18.7. The number of benzene rings is 2. The quantitative estimate of drug-likeness (QED) is 0.0866. The van der Waals surface area contributed by atoms with Crippen molar-refractivity contribution in [2.75, 3.05) is 27.3 Å². The Morgan fingerprint density at radius 2 is 1.37 bits per heavy atom. The van der Waals surface area contributed by atoms with Gasteiger partial charge < -0.3 is 44.6 Å². The molecular weight excluding hydrogens is 935 g/mol. The van der Waals surface area contributed by atoms with Gasteiger partial charge in [-0.15, -0.1) is 11.3 Å². The van der Waals surface area contributed by atoms with Crippen LogP contribution in [0.2, 0.25) is 0 Å². The number of amides is 4. The van der Waals surface area contributed by atoms with E-state index in [2.05, 4.69) is 25.6 Å². The van der Waals surface area contributed by atoms with Gasteiger partial charge in [-0.3, -0.25) is 14.2 Å². The maximum absolute atomic E-state index is 16.9. The third kappa shape index (κ3) is 9.29. The van der Waals surface area contributed by atoms with E-state index in [1.165, 1.54) is 26.4 Å². The van der Waals surface area contributed by atoms with Crippen molar-refractivity contribution < 1.29 is 51.0 Å². The van der Waals surface area contributed by atoms with Crippen LogP contribution in [0.4, 0.5) is 27.2 Å². The summed E-state index contributed by atoms with van der Waals surface area (Å²) in [4.78, 5) is 71.8. The van der Waals surface area contributed by atoms with Crippen molar-refractivity contribution in [2.24, 2.45) is 11.8 Å². The average molecular weight is 988 g/mol. The number of H-pyrrole nitrogens is 2. The molecule has 0 spiro atoms. The fourth-order valence-corrected chi connectivity index (χ4v) is 10.9. The van der Waals surface area contributed by atoms with Crippen LogP contribution in [0.15, 0.2) is 60.9 Å². The Bertz CT molecular complexity index is 2960. The molecule has 3 aliphatic heterocycles. The van der Waals surface area contributed by atoms with Gasteiger partial charge in [-0.05, 0) is 80.0 Å². The summed E-state index contributed by atoms with van der Waals surface area (Å²) in [5, 5.41) is 6.00. The van der Waals surface area contributed by atoms with Crippen LogP contribution in [0.5, 0.6) is 5.75 Å². The summed E-state index contributed by atoms with van der Waals surface area (Å²) in [6.45, 7) is 8.28. The molecule has 4 amide bonds. The van der Waals surface area contributed by atoms with E-state index >= 15 is 4.39 Å². The van der Waals surface area contributed by atoms with E-state index in [1.54, 1.807) is 38.9 Å². The van der Waals surface area contributed by atoms with Gasteiger partial charge >= 0.3 is 18.4 Å². The van der Waals surface area contributed by atoms with E-state index in [9.17, 15) is 32.3 Å². The summed E-state index contributed by atoms with van der Waals surface area (Å²) in [6, 6.07) is 11.1. The lowest BCUT2D eigenvalue weighted by molar-refractivity contribution is -0.136. The number of carbonyl (C=O) groups excluding carboxylic acids is 4. The van der Waals surface area contributed by atoms with Crippen molar-refractivity contribution in [1.29, 1.82) is 0 Å². The largest absolute Gasteiger partial charge is 0.464 e. The summed E-state index contributed by atoms with van der Waals surface area (Å²) in [6.07, 6.45) is -1.98. The lowest BCUT2D eigenvalue weighted by atomic mass is 10.0. The van der Waals surface area contributed by atoms with E-state index in [0.717, 1.165) is 23.3 Å². The Labute approximate surface area is 404 Å². The maximum atomic E-state index is 16.9. The first-order valence-corrected chi connectivity index (χ1v) is 24.0. The van der Waals surface area contributed by atoms with E-state index in [4.69, 9.17) is 19.2 Å². The topological polar surface area (TPSA) is 189 Å². The van der Waals surface area contributed by atoms with Crippen LogP contribution in [0.1, 0.15) is 93.1 Å². The highest BCUT2D eigenvalue weighted by atomic mass is 32.1.